The zero-order chi connectivity index (χ0) is 40.4. The highest BCUT2D eigenvalue weighted by Gasteiger charge is 2.40. The number of benzene rings is 3. The minimum Gasteiger partial charge on any atom is -0.461 e. The molecule has 0 radical (unpaired) electrons. The van der Waals surface area contributed by atoms with Crippen molar-refractivity contribution in [2.45, 2.75) is 89.6 Å². The molecule has 6 rings (SSSR count). The van der Waals surface area contributed by atoms with Gasteiger partial charge in [-0.05, 0) is 109 Å². The van der Waals surface area contributed by atoms with Gasteiger partial charge in [0.05, 0.1) is 29.8 Å². The number of alkyl halides is 9. The number of esters is 1. The molecule has 2 heterocycles. The van der Waals surface area contributed by atoms with E-state index in [0.29, 0.717) is 37.2 Å². The summed E-state index contributed by atoms with van der Waals surface area (Å²) in [5, 5.41) is 12.1. The Balaban J connectivity index is 1.28. The second kappa shape index (κ2) is 16.3. The number of anilines is 2. The van der Waals surface area contributed by atoms with Crippen molar-refractivity contribution in [3.05, 3.63) is 99.6 Å². The number of hydrogen-bond donors (Lipinski definition) is 0. The maximum Gasteiger partial charge on any atom is 0.416 e. The first kappa shape index (κ1) is 40.8. The second-order valence-corrected chi connectivity index (χ2v) is 14.7. The quantitative estimate of drug-likeness (QED) is 0.117. The molecule has 0 spiro atoms. The van der Waals surface area contributed by atoms with Gasteiger partial charge in [-0.3, -0.25) is 4.79 Å². The largest absolute Gasteiger partial charge is 0.461 e. The van der Waals surface area contributed by atoms with Gasteiger partial charge in [0.25, 0.3) is 5.95 Å². The maximum atomic E-state index is 14.4. The lowest BCUT2D eigenvalue weighted by Gasteiger charge is -2.36. The Hall–Kier alpha value is -4.83. The first-order valence-electron chi connectivity index (χ1n) is 18.3. The molecule has 3 aromatic carbocycles. The lowest BCUT2D eigenvalue weighted by atomic mass is 9.80. The van der Waals surface area contributed by atoms with Crippen LogP contribution in [-0.4, -0.2) is 39.3 Å². The fourth-order valence-electron chi connectivity index (χ4n) is 7.81. The Labute approximate surface area is 317 Å². The molecular formula is C39H41F9N6O2. The van der Waals surface area contributed by atoms with Crippen LogP contribution in [0.25, 0.3) is 0 Å². The average molecular weight is 797 g/mol. The SMILES string of the molecule is Cc1cc2c(cc1C(F)(F)F)N(CC1CCC(CC(=O)OCc3ccccc3)CC1)CCC[C@@H]2N(Cc1cc(C(F)(F)F)cc(C(F)(F)F)c1)c1nnn(C)n1. The number of tetrazole rings is 1. The molecule has 1 fully saturated rings. The first-order valence-corrected chi connectivity index (χ1v) is 18.3. The highest BCUT2D eigenvalue weighted by Crippen LogP contribution is 2.45. The van der Waals surface area contributed by atoms with Crippen molar-refractivity contribution in [2.75, 3.05) is 22.9 Å². The van der Waals surface area contributed by atoms with Crippen LogP contribution >= 0.6 is 0 Å². The molecule has 0 amide bonds. The minimum absolute atomic E-state index is 0.0421. The molecule has 1 aliphatic heterocycles. The van der Waals surface area contributed by atoms with Gasteiger partial charge in [0, 0.05) is 31.7 Å². The molecule has 302 valence electrons. The molecule has 1 aromatic heterocycles. The number of hydrogen-bond acceptors (Lipinski definition) is 7. The number of carbonyl (C=O) groups is 1. The fourth-order valence-corrected chi connectivity index (χ4v) is 7.81. The van der Waals surface area contributed by atoms with Crippen LogP contribution in [0.4, 0.5) is 51.1 Å². The van der Waals surface area contributed by atoms with E-state index in [0.717, 1.165) is 42.1 Å². The molecule has 2 aliphatic rings. The fraction of sp³-hybridized carbons (Fsp3) is 0.487. The van der Waals surface area contributed by atoms with Crippen LogP contribution in [0.3, 0.4) is 0 Å². The van der Waals surface area contributed by atoms with Gasteiger partial charge in [-0.2, -0.15) is 44.3 Å². The van der Waals surface area contributed by atoms with E-state index in [2.05, 4.69) is 15.4 Å². The van der Waals surface area contributed by atoms with Crippen LogP contribution < -0.4 is 9.80 Å². The van der Waals surface area contributed by atoms with E-state index in [9.17, 15) is 44.3 Å². The Morgan fingerprint density at radius 3 is 2.05 bits per heavy atom. The smallest absolute Gasteiger partial charge is 0.416 e. The molecule has 56 heavy (non-hydrogen) atoms. The monoisotopic (exact) mass is 796 g/mol. The highest BCUT2D eigenvalue weighted by atomic mass is 19.4. The third kappa shape index (κ3) is 9.93. The molecule has 1 aliphatic carbocycles. The van der Waals surface area contributed by atoms with Crippen molar-refractivity contribution in [3.63, 3.8) is 0 Å². The van der Waals surface area contributed by atoms with Gasteiger partial charge in [-0.1, -0.05) is 41.5 Å². The van der Waals surface area contributed by atoms with Crippen molar-refractivity contribution in [1.29, 1.82) is 0 Å². The van der Waals surface area contributed by atoms with Crippen molar-refractivity contribution in [1.82, 2.24) is 20.2 Å². The van der Waals surface area contributed by atoms with E-state index < -0.39 is 47.8 Å². The van der Waals surface area contributed by atoms with Crippen molar-refractivity contribution in [2.24, 2.45) is 18.9 Å². The number of nitrogens with zero attached hydrogens (tertiary/aromatic N) is 6. The number of aryl methyl sites for hydroxylation is 2. The molecule has 0 saturated heterocycles. The lowest BCUT2D eigenvalue weighted by molar-refractivity contribution is -0.146. The Bertz CT molecular complexity index is 1940. The number of ether oxygens (including phenoxy) is 1. The molecular weight excluding hydrogens is 755 g/mol. The van der Waals surface area contributed by atoms with Crippen LogP contribution in [0.1, 0.15) is 89.9 Å². The van der Waals surface area contributed by atoms with E-state index in [1.54, 1.807) is 0 Å². The zero-order valence-corrected chi connectivity index (χ0v) is 30.7. The topological polar surface area (TPSA) is 76.4 Å². The zero-order valence-electron chi connectivity index (χ0n) is 30.7. The number of carbonyl (C=O) groups excluding carboxylic acids is 1. The van der Waals surface area contributed by atoms with Crippen molar-refractivity contribution >= 4 is 17.6 Å². The van der Waals surface area contributed by atoms with Crippen LogP contribution in [0, 0.1) is 18.8 Å². The van der Waals surface area contributed by atoms with Crippen LogP contribution in [0.5, 0.6) is 0 Å². The van der Waals surface area contributed by atoms with Crippen molar-refractivity contribution in [3.8, 4) is 0 Å². The van der Waals surface area contributed by atoms with Gasteiger partial charge in [0.1, 0.15) is 6.61 Å². The summed E-state index contributed by atoms with van der Waals surface area (Å²) in [6.07, 6.45) is -11.0. The summed E-state index contributed by atoms with van der Waals surface area (Å²) in [7, 11) is 1.44. The van der Waals surface area contributed by atoms with Gasteiger partial charge in [0.2, 0.25) is 0 Å². The summed E-state index contributed by atoms with van der Waals surface area (Å²) in [5.41, 5.74) is -2.70. The summed E-state index contributed by atoms with van der Waals surface area (Å²) in [6, 6.07) is 12.3. The van der Waals surface area contributed by atoms with Crippen LogP contribution in [0.15, 0.2) is 60.7 Å². The molecule has 4 aromatic rings. The highest BCUT2D eigenvalue weighted by molar-refractivity contribution is 5.69. The Kier molecular flexibility index (Phi) is 11.9. The van der Waals surface area contributed by atoms with Gasteiger partial charge in [-0.25, -0.2) is 0 Å². The van der Waals surface area contributed by atoms with Crippen LogP contribution in [-0.2, 0) is 48.3 Å². The van der Waals surface area contributed by atoms with Gasteiger partial charge >= 0.3 is 24.5 Å². The molecule has 8 nitrogen and oxygen atoms in total. The molecule has 0 N–H and O–H groups in total. The summed E-state index contributed by atoms with van der Waals surface area (Å²) in [6.45, 7) is 1.73. The Morgan fingerprint density at radius 2 is 1.46 bits per heavy atom. The van der Waals surface area contributed by atoms with Crippen molar-refractivity contribution < 1.29 is 49.0 Å². The van der Waals surface area contributed by atoms with E-state index in [-0.39, 0.29) is 66.1 Å². The van der Waals surface area contributed by atoms with Crippen LogP contribution in [0.2, 0.25) is 0 Å². The third-order valence-electron chi connectivity index (χ3n) is 10.6. The molecule has 17 heteroatoms. The van der Waals surface area contributed by atoms with E-state index in [4.69, 9.17) is 4.74 Å². The second-order valence-electron chi connectivity index (χ2n) is 14.7. The molecule has 0 unspecified atom stereocenters. The normalized spacial score (nSPS) is 19.3. The number of fused-ring (bicyclic) bond motifs is 1. The van der Waals surface area contributed by atoms with Gasteiger partial charge in [-0.15, -0.1) is 5.10 Å². The number of rotatable bonds is 10. The first-order chi connectivity index (χ1) is 26.3. The molecule has 1 atom stereocenters. The predicted molar refractivity (Wildman–Crippen MR) is 188 cm³/mol. The number of aromatic nitrogens is 4. The van der Waals surface area contributed by atoms with E-state index in [1.165, 1.54) is 24.9 Å². The number of halogens is 9. The molecule has 1 saturated carbocycles. The lowest BCUT2D eigenvalue weighted by Crippen LogP contribution is -2.33. The summed E-state index contributed by atoms with van der Waals surface area (Å²) >= 11 is 0. The third-order valence-corrected chi connectivity index (χ3v) is 10.6. The average Bonchev–Trinajstić information content (AvgIpc) is 3.49. The summed E-state index contributed by atoms with van der Waals surface area (Å²) < 4.78 is 132. The van der Waals surface area contributed by atoms with E-state index in [1.807, 2.05) is 35.2 Å². The minimum atomic E-state index is -5.09. The molecule has 0 bridgehead atoms. The predicted octanol–water partition coefficient (Wildman–Crippen LogP) is 9.86. The van der Waals surface area contributed by atoms with Gasteiger partial charge in [0.15, 0.2) is 0 Å². The van der Waals surface area contributed by atoms with Gasteiger partial charge < -0.3 is 14.5 Å². The summed E-state index contributed by atoms with van der Waals surface area (Å²) in [5.74, 6) is -0.199. The standard InChI is InChI=1S/C39H41F9N6O2/c1-24-15-31-33(54(36-49-51-52(2)50-36)22-28-16-29(37(40,41)42)19-30(17-28)38(43,44)45)9-6-14-53(34(31)20-32(24)39(46,47)48)21-26-12-10-25(11-13-26)18-35(55)56-23-27-7-4-3-5-8-27/h3-5,7-8,15-17,19-20,25-26,33H,6,9-14,18,21-23H2,1-2H3/t25?,26?,33-/m0/s1. The summed E-state index contributed by atoms with van der Waals surface area (Å²) in [4.78, 5) is 17.0. The maximum absolute atomic E-state index is 14.4. The Morgan fingerprint density at radius 1 is 0.821 bits per heavy atom. The van der Waals surface area contributed by atoms with E-state index >= 15 is 0 Å².